The zero-order valence-electron chi connectivity index (χ0n) is 18.8. The standard InChI is InChI=1S/C21H39N3O3Si/c1-21(2,3)28(6,7)27-15-11-9-8-10-14-22-19-13-12-18(17-23(4)5)16-20(19)24(25)26/h12-13,16,22H,8-11,14-15,17H2,1-7H3. The van der Waals surface area contributed by atoms with Crippen LogP contribution in [-0.4, -0.2) is 45.4 Å². The van der Waals surface area contributed by atoms with Gasteiger partial charge < -0.3 is 14.6 Å². The molecule has 0 saturated heterocycles. The van der Waals surface area contributed by atoms with E-state index in [0.717, 1.165) is 44.4 Å². The Morgan fingerprint density at radius 1 is 1.14 bits per heavy atom. The van der Waals surface area contributed by atoms with Crippen molar-refractivity contribution in [3.8, 4) is 0 Å². The van der Waals surface area contributed by atoms with Crippen LogP contribution >= 0.6 is 0 Å². The molecule has 0 saturated carbocycles. The van der Waals surface area contributed by atoms with Crippen LogP contribution in [0.4, 0.5) is 11.4 Å². The van der Waals surface area contributed by atoms with E-state index < -0.39 is 8.32 Å². The minimum Gasteiger partial charge on any atom is -0.417 e. The number of nitro benzene ring substituents is 1. The third-order valence-electron chi connectivity index (χ3n) is 5.41. The molecule has 1 rings (SSSR count). The molecule has 0 aliphatic heterocycles. The van der Waals surface area contributed by atoms with Gasteiger partial charge in [-0.2, -0.15) is 0 Å². The van der Waals surface area contributed by atoms with Crippen LogP contribution in [0.3, 0.4) is 0 Å². The molecule has 0 aliphatic carbocycles. The maximum absolute atomic E-state index is 11.4. The molecular formula is C21H39N3O3Si. The summed E-state index contributed by atoms with van der Waals surface area (Å²) in [5.74, 6) is 0. The number of nitrogens with one attached hydrogen (secondary N) is 1. The predicted molar refractivity (Wildman–Crippen MR) is 121 cm³/mol. The molecule has 0 radical (unpaired) electrons. The fraction of sp³-hybridized carbons (Fsp3) is 0.714. The SMILES string of the molecule is CN(C)Cc1ccc(NCCCCCCO[Si](C)(C)C(C)(C)C)c([N+](=O)[O-])c1. The molecule has 0 aromatic heterocycles. The van der Waals surface area contributed by atoms with Gasteiger partial charge in [0, 0.05) is 25.8 Å². The van der Waals surface area contributed by atoms with Gasteiger partial charge in [0.2, 0.25) is 0 Å². The van der Waals surface area contributed by atoms with Gasteiger partial charge in [-0.3, -0.25) is 10.1 Å². The molecule has 0 aliphatic rings. The number of rotatable bonds is 12. The van der Waals surface area contributed by atoms with Gasteiger partial charge in [0.1, 0.15) is 5.69 Å². The molecule has 160 valence electrons. The van der Waals surface area contributed by atoms with E-state index in [1.165, 1.54) is 0 Å². The molecule has 0 unspecified atom stereocenters. The lowest BCUT2D eigenvalue weighted by molar-refractivity contribution is -0.384. The van der Waals surface area contributed by atoms with E-state index in [0.29, 0.717) is 12.2 Å². The normalized spacial score (nSPS) is 12.4. The minimum atomic E-state index is -1.64. The van der Waals surface area contributed by atoms with Crippen molar-refractivity contribution in [2.45, 2.75) is 71.1 Å². The lowest BCUT2D eigenvalue weighted by atomic mass is 10.1. The van der Waals surface area contributed by atoms with Crippen LogP contribution in [0.2, 0.25) is 18.1 Å². The zero-order chi connectivity index (χ0) is 21.4. The van der Waals surface area contributed by atoms with Crippen LogP contribution in [0, 0.1) is 10.1 Å². The topological polar surface area (TPSA) is 67.6 Å². The van der Waals surface area contributed by atoms with E-state index in [1.807, 2.05) is 31.1 Å². The third kappa shape index (κ3) is 8.28. The van der Waals surface area contributed by atoms with Gasteiger partial charge in [-0.25, -0.2) is 0 Å². The highest BCUT2D eigenvalue weighted by atomic mass is 28.4. The Labute approximate surface area is 171 Å². The largest absolute Gasteiger partial charge is 0.417 e. The number of nitrogens with zero attached hydrogens (tertiary/aromatic N) is 2. The average Bonchev–Trinajstić information content (AvgIpc) is 2.56. The second kappa shape index (κ2) is 10.9. The number of hydrogen-bond acceptors (Lipinski definition) is 5. The minimum absolute atomic E-state index is 0.155. The highest BCUT2D eigenvalue weighted by Crippen LogP contribution is 2.36. The van der Waals surface area contributed by atoms with Crippen LogP contribution in [0.25, 0.3) is 0 Å². The van der Waals surface area contributed by atoms with Crippen LogP contribution in [0.1, 0.15) is 52.0 Å². The Morgan fingerprint density at radius 2 is 1.79 bits per heavy atom. The first kappa shape index (κ1) is 24.6. The molecule has 6 nitrogen and oxygen atoms in total. The summed E-state index contributed by atoms with van der Waals surface area (Å²) in [5, 5.41) is 14.8. The van der Waals surface area contributed by atoms with Gasteiger partial charge in [0.15, 0.2) is 8.32 Å². The van der Waals surface area contributed by atoms with Crippen LogP contribution < -0.4 is 5.32 Å². The molecule has 0 atom stereocenters. The molecule has 7 heteroatoms. The quantitative estimate of drug-likeness (QED) is 0.209. The van der Waals surface area contributed by atoms with Crippen molar-refractivity contribution in [2.75, 3.05) is 32.6 Å². The summed E-state index contributed by atoms with van der Waals surface area (Å²) in [5.41, 5.74) is 1.71. The van der Waals surface area contributed by atoms with E-state index in [9.17, 15) is 10.1 Å². The summed E-state index contributed by atoms with van der Waals surface area (Å²) < 4.78 is 6.20. The summed E-state index contributed by atoms with van der Waals surface area (Å²) in [6, 6.07) is 5.44. The Morgan fingerprint density at radius 3 is 2.36 bits per heavy atom. The summed E-state index contributed by atoms with van der Waals surface area (Å²) in [6.45, 7) is 13.6. The Kier molecular flexibility index (Phi) is 9.60. The molecule has 0 amide bonds. The van der Waals surface area contributed by atoms with Gasteiger partial charge in [-0.15, -0.1) is 0 Å². The van der Waals surface area contributed by atoms with Crippen LogP contribution in [-0.2, 0) is 11.0 Å². The van der Waals surface area contributed by atoms with Crippen molar-refractivity contribution in [3.63, 3.8) is 0 Å². The third-order valence-corrected chi connectivity index (χ3v) is 9.95. The number of unbranched alkanes of at least 4 members (excludes halogenated alkanes) is 3. The molecule has 1 N–H and O–H groups in total. The van der Waals surface area contributed by atoms with Crippen molar-refractivity contribution in [1.29, 1.82) is 0 Å². The monoisotopic (exact) mass is 409 g/mol. The highest BCUT2D eigenvalue weighted by molar-refractivity contribution is 6.74. The molecule has 0 bridgehead atoms. The Hall–Kier alpha value is -1.44. The van der Waals surface area contributed by atoms with Gasteiger partial charge in [-0.05, 0) is 56.7 Å². The first-order chi connectivity index (χ1) is 12.9. The lowest BCUT2D eigenvalue weighted by Crippen LogP contribution is -2.40. The van der Waals surface area contributed by atoms with E-state index in [2.05, 4.69) is 39.2 Å². The molecule has 28 heavy (non-hydrogen) atoms. The van der Waals surface area contributed by atoms with Crippen molar-refractivity contribution in [2.24, 2.45) is 0 Å². The molecule has 0 fully saturated rings. The second-order valence-corrected chi connectivity index (χ2v) is 14.1. The second-order valence-electron chi connectivity index (χ2n) is 9.30. The van der Waals surface area contributed by atoms with Crippen molar-refractivity contribution in [1.82, 2.24) is 4.90 Å². The Balaban J connectivity index is 2.34. The molecule has 1 aromatic carbocycles. The van der Waals surface area contributed by atoms with E-state index in [4.69, 9.17) is 4.43 Å². The predicted octanol–water partition coefficient (Wildman–Crippen LogP) is 5.65. The molecule has 1 aromatic rings. The first-order valence-electron chi connectivity index (χ1n) is 10.2. The molecule has 0 spiro atoms. The van der Waals surface area contributed by atoms with E-state index in [1.54, 1.807) is 6.07 Å². The number of nitro groups is 1. The first-order valence-corrected chi connectivity index (χ1v) is 13.1. The van der Waals surface area contributed by atoms with E-state index >= 15 is 0 Å². The molecule has 0 heterocycles. The summed E-state index contributed by atoms with van der Waals surface area (Å²) >= 11 is 0. The fourth-order valence-corrected chi connectivity index (χ4v) is 3.78. The fourth-order valence-electron chi connectivity index (χ4n) is 2.69. The Bertz CT molecular complexity index is 628. The van der Waals surface area contributed by atoms with E-state index in [-0.39, 0.29) is 15.6 Å². The van der Waals surface area contributed by atoms with Gasteiger partial charge >= 0.3 is 0 Å². The molecular weight excluding hydrogens is 370 g/mol. The van der Waals surface area contributed by atoms with Crippen LogP contribution in [0.15, 0.2) is 18.2 Å². The lowest BCUT2D eigenvalue weighted by Gasteiger charge is -2.36. The van der Waals surface area contributed by atoms with Crippen molar-refractivity contribution >= 4 is 19.7 Å². The van der Waals surface area contributed by atoms with Gasteiger partial charge in [-0.1, -0.05) is 39.7 Å². The van der Waals surface area contributed by atoms with Gasteiger partial charge in [0.05, 0.1) is 4.92 Å². The summed E-state index contributed by atoms with van der Waals surface area (Å²) in [7, 11) is 2.27. The van der Waals surface area contributed by atoms with Crippen LogP contribution in [0.5, 0.6) is 0 Å². The maximum Gasteiger partial charge on any atom is 0.292 e. The highest BCUT2D eigenvalue weighted by Gasteiger charge is 2.36. The number of anilines is 1. The summed E-state index contributed by atoms with van der Waals surface area (Å²) in [6.07, 6.45) is 4.29. The number of hydrogen-bond donors (Lipinski definition) is 1. The van der Waals surface area contributed by atoms with Crippen molar-refractivity contribution in [3.05, 3.63) is 33.9 Å². The maximum atomic E-state index is 11.4. The van der Waals surface area contributed by atoms with Gasteiger partial charge in [0.25, 0.3) is 5.69 Å². The summed E-state index contributed by atoms with van der Waals surface area (Å²) in [4.78, 5) is 13.1. The zero-order valence-corrected chi connectivity index (χ0v) is 19.8. The van der Waals surface area contributed by atoms with Crippen molar-refractivity contribution < 1.29 is 9.35 Å². The smallest absolute Gasteiger partial charge is 0.292 e. The average molecular weight is 410 g/mol. The number of benzene rings is 1.